The zero-order chi connectivity index (χ0) is 71.3. The van der Waals surface area contributed by atoms with Crippen LogP contribution in [-0.4, -0.2) is 124 Å². The summed E-state index contributed by atoms with van der Waals surface area (Å²) in [6, 6.07) is 0. The van der Waals surface area contributed by atoms with Gasteiger partial charge in [-0.25, -0.2) is 39.5 Å². The van der Waals surface area contributed by atoms with E-state index in [1.807, 2.05) is 111 Å². The molecule has 0 saturated carbocycles. The maximum absolute atomic E-state index is 12.2. The minimum absolute atomic E-state index is 0.121. The topological polar surface area (TPSA) is 142 Å². The van der Waals surface area contributed by atoms with Crippen LogP contribution in [0.4, 0.5) is 52.7 Å². The van der Waals surface area contributed by atoms with Crippen LogP contribution in [0, 0.1) is 82.9 Å². The van der Waals surface area contributed by atoms with Gasteiger partial charge in [0.15, 0.2) is 6.10 Å². The number of unbranched alkanes of at least 4 members (excludes halogenated alkanes) is 7. The molecule has 0 amide bonds. The molecule has 0 saturated heterocycles. The van der Waals surface area contributed by atoms with Gasteiger partial charge < -0.3 is 35.7 Å². The van der Waals surface area contributed by atoms with Crippen LogP contribution < -0.4 is 0 Å². The fraction of sp³-hybridized carbons (Fsp3) is 1.00. The third-order valence-corrected chi connectivity index (χ3v) is 17.0. The van der Waals surface area contributed by atoms with E-state index in [0.717, 1.165) is 109 Å². The van der Waals surface area contributed by atoms with Crippen LogP contribution in [0.3, 0.4) is 0 Å². The molecule has 0 spiro atoms. The van der Waals surface area contributed by atoms with Crippen molar-refractivity contribution in [1.29, 1.82) is 0 Å². The Balaban J connectivity index is -0.000000176. The fourth-order valence-corrected chi connectivity index (χ4v) is 10.7. The van der Waals surface area contributed by atoms with Crippen molar-refractivity contribution in [3.63, 3.8) is 0 Å². The summed E-state index contributed by atoms with van der Waals surface area (Å²) >= 11 is 0. The molecule has 14 atom stereocenters. The summed E-state index contributed by atoms with van der Waals surface area (Å²) in [7, 11) is 0. The zero-order valence-electron chi connectivity index (χ0n) is 60.0. The fourth-order valence-electron chi connectivity index (χ4n) is 10.7. The number of alkyl halides is 12. The second kappa shape index (κ2) is 63.0. The molecule has 0 aromatic carbocycles. The molecule has 2 unspecified atom stereocenters. The highest BCUT2D eigenvalue weighted by atomic mass is 19.4. The molecule has 89 heavy (non-hydrogen) atoms. The summed E-state index contributed by atoms with van der Waals surface area (Å²) < 4.78 is 147. The molecule has 0 aliphatic rings. The molecule has 0 aromatic rings. The quantitative estimate of drug-likeness (QED) is 0.0302. The summed E-state index contributed by atoms with van der Waals surface area (Å²) in [5.74, 6) is 0.293. The van der Waals surface area contributed by atoms with Gasteiger partial charge in [0.25, 0.3) is 19.3 Å². The highest BCUT2D eigenvalue weighted by Gasteiger charge is 2.44. The van der Waals surface area contributed by atoms with Crippen molar-refractivity contribution in [2.75, 3.05) is 20.0 Å². The summed E-state index contributed by atoms with van der Waals surface area (Å²) in [6.45, 7) is 39.5. The Kier molecular flexibility index (Phi) is 71.7. The first kappa shape index (κ1) is 101. The van der Waals surface area contributed by atoms with E-state index in [2.05, 4.69) is 20.8 Å². The van der Waals surface area contributed by atoms with E-state index >= 15 is 0 Å². The number of hydrogen-bond donors (Lipinski definition) is 7. The first-order chi connectivity index (χ1) is 41.2. The second-order valence-corrected chi connectivity index (χ2v) is 27.0. The molecule has 7 nitrogen and oxygen atoms in total. The second-order valence-electron chi connectivity index (χ2n) is 27.0. The zero-order valence-corrected chi connectivity index (χ0v) is 60.0. The van der Waals surface area contributed by atoms with Crippen LogP contribution in [0.2, 0.25) is 0 Å². The lowest BCUT2D eigenvalue weighted by molar-refractivity contribution is -0.224. The largest absolute Gasteiger partial charge is 0.414 e. The van der Waals surface area contributed by atoms with Gasteiger partial charge in [-0.3, -0.25) is 0 Å². The molecular weight excluding hydrogens is 1180 g/mol. The predicted molar refractivity (Wildman–Crippen MR) is 349 cm³/mol. The Morgan fingerprint density at radius 1 is 0.258 bits per heavy atom. The van der Waals surface area contributed by atoms with E-state index in [0.29, 0.717) is 43.4 Å². The van der Waals surface area contributed by atoms with Crippen LogP contribution in [0.5, 0.6) is 0 Å². The molecule has 0 aliphatic heterocycles. The third kappa shape index (κ3) is 54.8. The number of halogens is 12. The van der Waals surface area contributed by atoms with E-state index in [9.17, 15) is 83.3 Å². The van der Waals surface area contributed by atoms with E-state index in [1.54, 1.807) is 13.8 Å². The summed E-state index contributed by atoms with van der Waals surface area (Å²) in [5.41, 5.74) is 0. The molecule has 0 fully saturated rings. The van der Waals surface area contributed by atoms with Crippen molar-refractivity contribution in [2.45, 2.75) is 348 Å². The summed E-state index contributed by atoms with van der Waals surface area (Å²) in [6.07, 6.45) is -1.88. The maximum atomic E-state index is 12.2. The maximum Gasteiger partial charge on any atom is 0.414 e. The lowest BCUT2D eigenvalue weighted by atomic mass is 9.85. The third-order valence-electron chi connectivity index (χ3n) is 17.0. The first-order valence-electron chi connectivity index (χ1n) is 34.6. The van der Waals surface area contributed by atoms with Crippen molar-refractivity contribution in [3.8, 4) is 0 Å². The Morgan fingerprint density at radius 2 is 0.404 bits per heavy atom. The number of rotatable bonds is 41. The Bertz CT molecular complexity index is 1280. The average Bonchev–Trinajstić information content (AvgIpc) is 3.45. The molecule has 0 aromatic heterocycles. The van der Waals surface area contributed by atoms with Gasteiger partial charge in [-0.1, -0.05) is 235 Å². The van der Waals surface area contributed by atoms with Crippen LogP contribution in [0.25, 0.3) is 0 Å². The van der Waals surface area contributed by atoms with Gasteiger partial charge in [-0.05, 0) is 128 Å². The smallest absolute Gasteiger partial charge is 0.390 e. The van der Waals surface area contributed by atoms with Gasteiger partial charge in [0, 0.05) is 0 Å². The van der Waals surface area contributed by atoms with E-state index in [1.165, 1.54) is 0 Å². The van der Waals surface area contributed by atoms with Crippen molar-refractivity contribution in [1.82, 2.24) is 0 Å². The van der Waals surface area contributed by atoms with Crippen LogP contribution in [0.1, 0.15) is 280 Å². The average molecular weight is 1320 g/mol. The standard InChI is InChI=1S/C10H19F3O.3C10H20F2O.3C10H21FO/c1-4-5-6-8(7(2)3)9(14)10(11,12)13;3*1-4-5-6-8(7(2)3)9(13)10(11)12;3*1-4-5-6-9(8(2)3)10(12)7-11/h7-9,14H,4-6H2,1-3H3;3*7-10,13H,4-6H2,1-3H3;3*8-10,12H,4-7H2,1-3H3/t8-,9+;8-,9?;8-,9+;8-,9-;9-,10?;9-,10+;9-,10-/m0000000/s1. The normalized spacial score (nSPS) is 16.7. The lowest BCUT2D eigenvalue weighted by Gasteiger charge is -2.27. The van der Waals surface area contributed by atoms with Gasteiger partial charge in [-0.15, -0.1) is 0 Å². The number of aliphatic hydroxyl groups is 7. The van der Waals surface area contributed by atoms with Gasteiger partial charge in [0.1, 0.15) is 38.3 Å². The molecule has 0 radical (unpaired) electrons. The molecule has 19 heteroatoms. The van der Waals surface area contributed by atoms with Crippen molar-refractivity contribution in [2.24, 2.45) is 82.9 Å². The van der Waals surface area contributed by atoms with E-state index < -0.39 is 94.1 Å². The Hall–Kier alpha value is -1.12. The van der Waals surface area contributed by atoms with Gasteiger partial charge in [-0.2, -0.15) is 13.2 Å². The summed E-state index contributed by atoms with van der Waals surface area (Å²) in [5, 5.41) is 64.8. The monoisotopic (exact) mass is 1320 g/mol. The lowest BCUT2D eigenvalue weighted by Crippen LogP contribution is -2.38. The Morgan fingerprint density at radius 3 is 0.517 bits per heavy atom. The molecule has 0 aliphatic carbocycles. The number of hydrogen-bond acceptors (Lipinski definition) is 7. The van der Waals surface area contributed by atoms with Crippen LogP contribution in [-0.2, 0) is 0 Å². The Labute approximate surface area is 538 Å². The van der Waals surface area contributed by atoms with Crippen LogP contribution >= 0.6 is 0 Å². The van der Waals surface area contributed by atoms with Crippen molar-refractivity contribution < 1.29 is 88.4 Å². The first-order valence-corrected chi connectivity index (χ1v) is 34.6. The molecular formula is C70H142F12O7. The van der Waals surface area contributed by atoms with Gasteiger partial charge in [0.2, 0.25) is 0 Å². The molecule has 0 rings (SSSR count). The highest BCUT2D eigenvalue weighted by Crippen LogP contribution is 2.34. The molecule has 7 N–H and O–H groups in total. The highest BCUT2D eigenvalue weighted by molar-refractivity contribution is 4.79. The van der Waals surface area contributed by atoms with E-state index in [4.69, 9.17) is 5.11 Å². The molecule has 548 valence electrons. The molecule has 0 bridgehead atoms. The summed E-state index contributed by atoms with van der Waals surface area (Å²) in [4.78, 5) is 0. The van der Waals surface area contributed by atoms with Crippen molar-refractivity contribution >= 4 is 0 Å². The van der Waals surface area contributed by atoms with E-state index in [-0.39, 0.29) is 59.2 Å². The van der Waals surface area contributed by atoms with Gasteiger partial charge in [0.05, 0.1) is 18.3 Å². The minimum atomic E-state index is -4.48. The minimum Gasteiger partial charge on any atom is -0.390 e. The number of aliphatic hydroxyl groups excluding tert-OH is 7. The predicted octanol–water partition coefficient (Wildman–Crippen LogP) is 20.9. The SMILES string of the molecule is CCCC[C@@H](C(C)C)C(O)C(F)F.CCCC[C@@H](C(C)C)C(O)CF.CCCC[C@@H](C(C)C)[C@@H](O)C(F)(F)F.CCCC[C@@H](C(C)C)[C@@H](O)C(F)F.CCCC[C@@H](C(C)C)[C@@H](O)CF.CCCC[C@@H](C(C)C)[C@H](O)C(F)F.CCCC[C@@H](C(C)C)[C@H](O)CF. The van der Waals surface area contributed by atoms with Crippen molar-refractivity contribution in [3.05, 3.63) is 0 Å². The van der Waals surface area contributed by atoms with Gasteiger partial charge >= 0.3 is 6.18 Å². The van der Waals surface area contributed by atoms with Crippen LogP contribution in [0.15, 0.2) is 0 Å². The molecule has 0 heterocycles.